The topological polar surface area (TPSA) is 431 Å². The van der Waals surface area contributed by atoms with Gasteiger partial charge in [0.15, 0.2) is 31.5 Å². The Hall–Kier alpha value is -1.35. The Labute approximate surface area is 506 Å². The second-order valence-electron chi connectivity index (χ2n) is 27.8. The fourth-order valence-corrected chi connectivity index (χ4v) is 17.0. The molecule has 6 saturated heterocycles. The molecular weight excluding hydrogens is 1180 g/mol. The smallest absolute Gasteiger partial charge is 0.394 e. The van der Waals surface area contributed by atoms with Crippen molar-refractivity contribution in [1.29, 1.82) is 0 Å². The Bertz CT molecular complexity index is 2500. The summed E-state index contributed by atoms with van der Waals surface area (Å²) in [4.78, 5) is 0. The number of allylic oxidation sites excluding steroid dienone is 2. The van der Waals surface area contributed by atoms with Gasteiger partial charge in [0.2, 0.25) is 0 Å². The van der Waals surface area contributed by atoms with Gasteiger partial charge in [-0.05, 0) is 126 Å². The molecule has 0 aromatic rings. The van der Waals surface area contributed by atoms with Crippen LogP contribution in [0.3, 0.4) is 0 Å². The van der Waals surface area contributed by atoms with Crippen LogP contribution in [-0.2, 0) is 66.7 Å². The molecule has 0 amide bonds. The summed E-state index contributed by atoms with van der Waals surface area (Å²) in [5, 5.41) is 147. The van der Waals surface area contributed by atoms with Gasteiger partial charge in [0.1, 0.15) is 104 Å². The number of rotatable bonds is 17. The van der Waals surface area contributed by atoms with E-state index in [1.165, 1.54) is 27.7 Å². The average Bonchev–Trinajstić information content (AvgIpc) is 1.66. The molecule has 502 valence electrons. The third kappa shape index (κ3) is 12.8. The number of fused-ring (bicyclic) bond motifs is 5. The molecule has 0 spiro atoms. The van der Waals surface area contributed by atoms with Gasteiger partial charge in [-0.2, -0.15) is 8.42 Å². The van der Waals surface area contributed by atoms with E-state index in [1.807, 2.05) is 6.92 Å². The fourth-order valence-electron chi connectivity index (χ4n) is 16.5. The third-order valence-corrected chi connectivity index (χ3v) is 22.6. The van der Waals surface area contributed by atoms with Crippen molar-refractivity contribution in [3.05, 3.63) is 11.6 Å². The maximum Gasteiger partial charge on any atom is 0.397 e. The van der Waals surface area contributed by atoms with E-state index in [0.29, 0.717) is 25.2 Å². The molecule has 0 bridgehead atoms. The van der Waals surface area contributed by atoms with Crippen molar-refractivity contribution in [3.8, 4) is 0 Å². The Morgan fingerprint density at radius 1 is 0.586 bits per heavy atom. The zero-order valence-corrected chi connectivity index (χ0v) is 51.6. The molecule has 0 unspecified atom stereocenters. The van der Waals surface area contributed by atoms with Gasteiger partial charge in [-0.3, -0.25) is 4.55 Å². The van der Waals surface area contributed by atoms with Crippen LogP contribution in [0.4, 0.5) is 0 Å². The van der Waals surface area contributed by atoms with Crippen molar-refractivity contribution in [3.63, 3.8) is 0 Å². The molecule has 9 fully saturated rings. The first-order valence-corrected chi connectivity index (χ1v) is 32.4. The lowest BCUT2D eigenvalue weighted by atomic mass is 9.47. The largest absolute Gasteiger partial charge is 0.397 e. The molecule has 14 N–H and O–H groups in total. The summed E-state index contributed by atoms with van der Waals surface area (Å²) in [5.74, 6) is -0.213. The summed E-state index contributed by atoms with van der Waals surface area (Å²) in [6, 6.07) is 0. The molecule has 10 rings (SSSR count). The molecule has 87 heavy (non-hydrogen) atoms. The van der Waals surface area contributed by atoms with E-state index in [0.717, 1.165) is 18.4 Å². The number of aliphatic hydroxyl groups excluding tert-OH is 12. The molecule has 0 aromatic carbocycles. The van der Waals surface area contributed by atoms with Crippen LogP contribution in [0.2, 0.25) is 0 Å². The molecule has 29 heteroatoms. The van der Waals surface area contributed by atoms with E-state index in [9.17, 15) is 79.4 Å². The first-order chi connectivity index (χ1) is 40.6. The van der Waals surface area contributed by atoms with Crippen molar-refractivity contribution in [2.45, 2.75) is 298 Å². The van der Waals surface area contributed by atoms with E-state index >= 15 is 0 Å². The quantitative estimate of drug-likeness (QED) is 0.0416. The summed E-state index contributed by atoms with van der Waals surface area (Å²) < 4.78 is 108. The minimum absolute atomic E-state index is 0.0278. The molecule has 6 aliphatic heterocycles. The Kier molecular flexibility index (Phi) is 20.3. The average molecular weight is 1270 g/mol. The van der Waals surface area contributed by atoms with Gasteiger partial charge in [0.05, 0.1) is 54.9 Å². The van der Waals surface area contributed by atoms with Crippen molar-refractivity contribution in [2.75, 3.05) is 6.61 Å². The Balaban J connectivity index is 0.930. The third-order valence-electron chi connectivity index (χ3n) is 22.1. The van der Waals surface area contributed by atoms with Gasteiger partial charge >= 0.3 is 10.4 Å². The highest BCUT2D eigenvalue weighted by Crippen LogP contribution is 2.68. The minimum Gasteiger partial charge on any atom is -0.394 e. The van der Waals surface area contributed by atoms with Crippen LogP contribution in [0, 0.1) is 46.3 Å². The molecule has 10 aliphatic rings. The summed E-state index contributed by atoms with van der Waals surface area (Å²) in [7, 11) is -4.90. The normalized spacial score (nSPS) is 54.0. The van der Waals surface area contributed by atoms with Gasteiger partial charge in [0, 0.05) is 0 Å². The standard InChI is InChI=1S/C58H96O28S/c1-20(2)21(3)45-50(81-45)58(10,71)33-12-11-28-27-18-31(30-17-26(86-87(72,73)74)13-15-56(30,8)29(27)14-16-57(28,33)9)79-53-44(70)47(37(63)32(19-59)80-53)83-55-49(85-52-42(68)39(65)35(61)23(5)76-52)43(69)46(25(7)78-55)82-54-48(40(66)36(62)24(6)77-54)84-51-41(67)38(64)34(60)22(4)75-51/h14,20-28,30-55,59-71H,11-13,15-19H2,1-10H3,(H,72,73,74)/t21-,22-,23-,24-,25-,26-,27+,28+,30-,31-,32-,33-,34+,35-,36+,37-,38+,39+,40+,41-,42-,43+,44-,45-,46-,47+,48-,49-,50+,51+,52+,53-,54+,55+,56+,57-,58+/m0/s1. The summed E-state index contributed by atoms with van der Waals surface area (Å²) >= 11 is 0. The van der Waals surface area contributed by atoms with E-state index in [-0.39, 0.29) is 48.7 Å². The lowest BCUT2D eigenvalue weighted by Gasteiger charge is -2.60. The highest BCUT2D eigenvalue weighted by Gasteiger charge is 2.67. The van der Waals surface area contributed by atoms with Gasteiger partial charge in [-0.1, -0.05) is 46.3 Å². The van der Waals surface area contributed by atoms with Crippen molar-refractivity contribution >= 4 is 10.4 Å². The lowest BCUT2D eigenvalue weighted by Crippen LogP contribution is -2.68. The molecule has 0 aromatic heterocycles. The van der Waals surface area contributed by atoms with Gasteiger partial charge in [-0.15, -0.1) is 0 Å². The number of hydrogen-bond acceptors (Lipinski definition) is 27. The zero-order valence-electron chi connectivity index (χ0n) is 50.8. The van der Waals surface area contributed by atoms with E-state index in [1.54, 1.807) is 0 Å². The summed E-state index contributed by atoms with van der Waals surface area (Å²) in [6.07, 6.45) is -38.9. The van der Waals surface area contributed by atoms with E-state index in [4.69, 9.17) is 56.3 Å². The highest BCUT2D eigenvalue weighted by atomic mass is 32.3. The van der Waals surface area contributed by atoms with Crippen molar-refractivity contribution < 1.29 is 136 Å². The number of aliphatic hydroxyl groups is 13. The number of epoxide rings is 1. The Morgan fingerprint density at radius 3 is 1.67 bits per heavy atom. The summed E-state index contributed by atoms with van der Waals surface area (Å²) in [6.45, 7) is 17.3. The van der Waals surface area contributed by atoms with E-state index < -0.39 is 205 Å². The summed E-state index contributed by atoms with van der Waals surface area (Å²) in [5.41, 5.74) is -1.05. The van der Waals surface area contributed by atoms with Crippen LogP contribution < -0.4 is 0 Å². The SMILES string of the molecule is CC(C)[C@H](C)[C@@H]1O[C@H]1[C@](C)(O)[C@H]1CC[C@@H]2[C@H]3C[C@H](O[C@H]4O[C@@H](CO)[C@H](O)[C@@H](O[C@H]5O[C@@H](C)[C@H](O[C@H]6O[C@@H](C)[C@@H](O)[C@@H](O)[C@@H]6O[C@H]6O[C@@H](C)[C@@H](O)[C@@H](O)[C@@H]6O)[C@@H](O)[C@@H]5O[C@H]5O[C@@H](C)[C@H](O)[C@@H](O)[C@@H]5O)[C@@H]4O)[C@@H]4C[C@@H](OS(=O)(=O)O)CC[C@]4(C)C3=CC[C@@]21C. The molecule has 37 atom stereocenters. The zero-order chi connectivity index (χ0) is 63.6. The molecule has 3 saturated carbocycles. The monoisotopic (exact) mass is 1270 g/mol. The fraction of sp³-hybridized carbons (Fsp3) is 0.966. The number of ether oxygens (including phenoxy) is 11. The van der Waals surface area contributed by atoms with Crippen molar-refractivity contribution in [2.24, 2.45) is 46.3 Å². The second kappa shape index (κ2) is 25.8. The van der Waals surface area contributed by atoms with Crippen LogP contribution in [-0.4, -0.2) is 270 Å². The Morgan fingerprint density at radius 2 is 1.10 bits per heavy atom. The predicted molar refractivity (Wildman–Crippen MR) is 294 cm³/mol. The molecular formula is C58H96O28S. The number of hydrogen-bond donors (Lipinski definition) is 14. The van der Waals surface area contributed by atoms with Crippen molar-refractivity contribution in [1.82, 2.24) is 0 Å². The van der Waals surface area contributed by atoms with Crippen LogP contribution >= 0.6 is 0 Å². The van der Waals surface area contributed by atoms with Crippen LogP contribution in [0.5, 0.6) is 0 Å². The van der Waals surface area contributed by atoms with Gasteiger partial charge < -0.3 is 118 Å². The predicted octanol–water partition coefficient (Wildman–Crippen LogP) is -2.23. The minimum atomic E-state index is -4.90. The van der Waals surface area contributed by atoms with Gasteiger partial charge in [-0.25, -0.2) is 4.18 Å². The molecule has 0 radical (unpaired) electrons. The second-order valence-corrected chi connectivity index (χ2v) is 28.8. The van der Waals surface area contributed by atoms with Crippen LogP contribution in [0.15, 0.2) is 11.6 Å². The maximum absolute atomic E-state index is 12.5. The van der Waals surface area contributed by atoms with Crippen LogP contribution in [0.1, 0.15) is 114 Å². The lowest BCUT2D eigenvalue weighted by molar-refractivity contribution is -0.406. The molecule has 4 aliphatic carbocycles. The first-order valence-electron chi connectivity index (χ1n) is 31.0. The maximum atomic E-state index is 12.5. The highest BCUT2D eigenvalue weighted by molar-refractivity contribution is 7.80. The van der Waals surface area contributed by atoms with E-state index in [2.05, 4.69) is 40.7 Å². The molecule has 6 heterocycles. The molecule has 28 nitrogen and oxygen atoms in total. The van der Waals surface area contributed by atoms with Gasteiger partial charge in [0.25, 0.3) is 0 Å². The first kappa shape index (κ1) is 68.5. The van der Waals surface area contributed by atoms with Crippen LogP contribution in [0.25, 0.3) is 0 Å².